The Morgan fingerprint density at radius 2 is 2.50 bits per heavy atom. The maximum atomic E-state index is 11.8. The van der Waals surface area contributed by atoms with E-state index in [0.29, 0.717) is 31.6 Å². The number of nitrogens with one attached hydrogen (secondary N) is 2. The zero-order valence-electron chi connectivity index (χ0n) is 9.94. The molecule has 1 atom stereocenters. The summed E-state index contributed by atoms with van der Waals surface area (Å²) >= 11 is 1.44. The summed E-state index contributed by atoms with van der Waals surface area (Å²) < 4.78 is 0. The number of carbonyl (C=O) groups excluding carboxylic acids is 2. The summed E-state index contributed by atoms with van der Waals surface area (Å²) in [6, 6.07) is 0.0450. The molecule has 1 aliphatic rings. The molecule has 1 unspecified atom stereocenters. The number of carbonyl (C=O) groups is 2. The van der Waals surface area contributed by atoms with Crippen LogP contribution in [0.5, 0.6) is 0 Å². The smallest absolute Gasteiger partial charge is 0.270 e. The van der Waals surface area contributed by atoms with Crippen molar-refractivity contribution in [2.45, 2.75) is 25.3 Å². The lowest BCUT2D eigenvalue weighted by Crippen LogP contribution is -2.38. The molecule has 7 heteroatoms. The fraction of sp³-hybridized carbons (Fsp3) is 0.545. The average molecular weight is 268 g/mol. The Balaban J connectivity index is 1.81. The molecule has 18 heavy (non-hydrogen) atoms. The molecule has 0 aromatic carbocycles. The summed E-state index contributed by atoms with van der Waals surface area (Å²) in [6.45, 7) is 0.983. The topological polar surface area (TPSA) is 97.1 Å². The summed E-state index contributed by atoms with van der Waals surface area (Å²) in [5.74, 6) is -0.149. The Kier molecular flexibility index (Phi) is 4.27. The van der Waals surface area contributed by atoms with Crippen molar-refractivity contribution in [2.75, 3.05) is 13.1 Å². The maximum absolute atomic E-state index is 11.8. The van der Waals surface area contributed by atoms with Gasteiger partial charge in [0.2, 0.25) is 5.91 Å². The SMILES string of the molecule is NCCc1nc(C(=O)NCC2CCC(=O)N2)cs1. The van der Waals surface area contributed by atoms with Gasteiger partial charge in [-0.3, -0.25) is 9.59 Å². The Bertz CT molecular complexity index is 446. The number of aromatic nitrogens is 1. The molecule has 2 rings (SSSR count). The first-order chi connectivity index (χ1) is 8.69. The predicted octanol–water partition coefficient (Wildman–Crippen LogP) is -0.347. The third-order valence-electron chi connectivity index (χ3n) is 2.74. The molecular weight excluding hydrogens is 252 g/mol. The van der Waals surface area contributed by atoms with E-state index in [1.165, 1.54) is 11.3 Å². The van der Waals surface area contributed by atoms with Crippen LogP contribution >= 0.6 is 11.3 Å². The average Bonchev–Trinajstić information content (AvgIpc) is 2.96. The van der Waals surface area contributed by atoms with Crippen LogP contribution < -0.4 is 16.4 Å². The summed E-state index contributed by atoms with van der Waals surface area (Å²) in [7, 11) is 0. The fourth-order valence-electron chi connectivity index (χ4n) is 1.79. The van der Waals surface area contributed by atoms with Crippen molar-refractivity contribution in [3.8, 4) is 0 Å². The van der Waals surface area contributed by atoms with E-state index in [1.807, 2.05) is 0 Å². The van der Waals surface area contributed by atoms with Gasteiger partial charge >= 0.3 is 0 Å². The van der Waals surface area contributed by atoms with E-state index in [9.17, 15) is 9.59 Å². The second-order valence-electron chi connectivity index (χ2n) is 4.18. The lowest BCUT2D eigenvalue weighted by atomic mass is 10.2. The van der Waals surface area contributed by atoms with Crippen molar-refractivity contribution < 1.29 is 9.59 Å². The van der Waals surface area contributed by atoms with Gasteiger partial charge in [-0.05, 0) is 13.0 Å². The minimum atomic E-state index is -0.198. The Hall–Kier alpha value is -1.47. The lowest BCUT2D eigenvalue weighted by molar-refractivity contribution is -0.119. The predicted molar refractivity (Wildman–Crippen MR) is 68.4 cm³/mol. The Labute approximate surface area is 109 Å². The van der Waals surface area contributed by atoms with Crippen LogP contribution in [0.4, 0.5) is 0 Å². The first kappa shape index (κ1) is 13.0. The third kappa shape index (κ3) is 3.27. The molecule has 1 saturated heterocycles. The molecular formula is C11H16N4O2S. The monoisotopic (exact) mass is 268 g/mol. The minimum Gasteiger partial charge on any atom is -0.352 e. The van der Waals surface area contributed by atoms with Crippen LogP contribution in [-0.4, -0.2) is 35.9 Å². The maximum Gasteiger partial charge on any atom is 0.270 e. The second-order valence-corrected chi connectivity index (χ2v) is 5.12. The van der Waals surface area contributed by atoms with Gasteiger partial charge in [-0.2, -0.15) is 0 Å². The molecule has 0 bridgehead atoms. The first-order valence-electron chi connectivity index (χ1n) is 5.91. The highest BCUT2D eigenvalue weighted by molar-refractivity contribution is 7.09. The highest BCUT2D eigenvalue weighted by Gasteiger charge is 2.21. The van der Waals surface area contributed by atoms with Crippen LogP contribution in [-0.2, 0) is 11.2 Å². The number of nitrogens with two attached hydrogens (primary N) is 1. The van der Waals surface area contributed by atoms with Crippen molar-refractivity contribution in [1.82, 2.24) is 15.6 Å². The number of nitrogens with zero attached hydrogens (tertiary/aromatic N) is 1. The van der Waals surface area contributed by atoms with Gasteiger partial charge in [0.1, 0.15) is 5.69 Å². The largest absolute Gasteiger partial charge is 0.352 e. The van der Waals surface area contributed by atoms with Crippen LogP contribution in [0.25, 0.3) is 0 Å². The minimum absolute atomic E-state index is 0.0450. The highest BCUT2D eigenvalue weighted by Crippen LogP contribution is 2.10. The Morgan fingerprint density at radius 3 is 3.17 bits per heavy atom. The lowest BCUT2D eigenvalue weighted by Gasteiger charge is -2.10. The number of thiazole rings is 1. The molecule has 1 fully saturated rings. The van der Waals surface area contributed by atoms with E-state index in [2.05, 4.69) is 15.6 Å². The van der Waals surface area contributed by atoms with Crippen LogP contribution in [0.15, 0.2) is 5.38 Å². The van der Waals surface area contributed by atoms with Gasteiger partial charge in [-0.15, -0.1) is 11.3 Å². The zero-order chi connectivity index (χ0) is 13.0. The highest BCUT2D eigenvalue weighted by atomic mass is 32.1. The first-order valence-corrected chi connectivity index (χ1v) is 6.79. The van der Waals surface area contributed by atoms with Crippen molar-refractivity contribution >= 4 is 23.2 Å². The van der Waals surface area contributed by atoms with Crippen LogP contribution in [0.2, 0.25) is 0 Å². The van der Waals surface area contributed by atoms with E-state index in [1.54, 1.807) is 5.38 Å². The standard InChI is InChI=1S/C11H16N4O2S/c12-4-3-10-15-8(6-18-10)11(17)13-5-7-1-2-9(16)14-7/h6-7H,1-5,12H2,(H,13,17)(H,14,16). The van der Waals surface area contributed by atoms with E-state index in [0.717, 1.165) is 11.4 Å². The molecule has 4 N–H and O–H groups in total. The van der Waals surface area contributed by atoms with E-state index in [-0.39, 0.29) is 17.9 Å². The summed E-state index contributed by atoms with van der Waals surface area (Å²) in [5, 5.41) is 8.18. The van der Waals surface area contributed by atoms with Crippen molar-refractivity contribution in [1.29, 1.82) is 0 Å². The van der Waals surface area contributed by atoms with Gasteiger partial charge in [0, 0.05) is 30.8 Å². The van der Waals surface area contributed by atoms with E-state index < -0.39 is 0 Å². The molecule has 0 spiro atoms. The molecule has 0 radical (unpaired) electrons. The van der Waals surface area contributed by atoms with Crippen molar-refractivity contribution in [3.63, 3.8) is 0 Å². The summed E-state index contributed by atoms with van der Waals surface area (Å²) in [6.07, 6.45) is 2.00. The van der Waals surface area contributed by atoms with Crippen molar-refractivity contribution in [3.05, 3.63) is 16.1 Å². The second kappa shape index (κ2) is 5.92. The number of amides is 2. The molecule has 1 aromatic heterocycles. The molecule has 0 aliphatic carbocycles. The summed E-state index contributed by atoms with van der Waals surface area (Å²) in [4.78, 5) is 27.0. The number of rotatable bonds is 5. The van der Waals surface area contributed by atoms with Gasteiger partial charge in [0.05, 0.1) is 5.01 Å². The zero-order valence-corrected chi connectivity index (χ0v) is 10.8. The molecule has 98 valence electrons. The third-order valence-corrected chi connectivity index (χ3v) is 3.65. The molecule has 2 heterocycles. The fourth-order valence-corrected chi connectivity index (χ4v) is 2.58. The van der Waals surface area contributed by atoms with Crippen LogP contribution in [0.3, 0.4) is 0 Å². The molecule has 1 aliphatic heterocycles. The normalized spacial score (nSPS) is 18.7. The van der Waals surface area contributed by atoms with Gasteiger partial charge < -0.3 is 16.4 Å². The Morgan fingerprint density at radius 1 is 1.67 bits per heavy atom. The van der Waals surface area contributed by atoms with Crippen molar-refractivity contribution in [2.24, 2.45) is 5.73 Å². The molecule has 0 saturated carbocycles. The molecule has 2 amide bonds. The van der Waals surface area contributed by atoms with Gasteiger partial charge in [-0.1, -0.05) is 0 Å². The van der Waals surface area contributed by atoms with Gasteiger partial charge in [-0.25, -0.2) is 4.98 Å². The van der Waals surface area contributed by atoms with Gasteiger partial charge in [0.25, 0.3) is 5.91 Å². The quantitative estimate of drug-likeness (QED) is 0.680. The molecule has 1 aromatic rings. The van der Waals surface area contributed by atoms with Crippen LogP contribution in [0, 0.1) is 0 Å². The number of hydrogen-bond acceptors (Lipinski definition) is 5. The molecule has 6 nitrogen and oxygen atoms in total. The number of hydrogen-bond donors (Lipinski definition) is 3. The van der Waals surface area contributed by atoms with E-state index in [4.69, 9.17) is 5.73 Å². The summed E-state index contributed by atoms with van der Waals surface area (Å²) in [5.41, 5.74) is 5.85. The van der Waals surface area contributed by atoms with Crippen LogP contribution in [0.1, 0.15) is 28.3 Å². The van der Waals surface area contributed by atoms with E-state index >= 15 is 0 Å². The van der Waals surface area contributed by atoms with Gasteiger partial charge in [0.15, 0.2) is 0 Å².